The standard InChI is InChI=1S/C16H17ClN2O3/c1-18(10-12-9-13(17)6-7-14(12)22-2)16(21)11-19-8-4-3-5-15(19)20/h3-9H,10-11H2,1-2H3. The highest BCUT2D eigenvalue weighted by atomic mass is 35.5. The highest BCUT2D eigenvalue weighted by Crippen LogP contribution is 2.23. The first-order valence-corrected chi connectivity index (χ1v) is 7.11. The maximum absolute atomic E-state index is 12.2. The molecule has 0 N–H and O–H groups in total. The number of ether oxygens (including phenoxy) is 1. The molecule has 2 aromatic rings. The molecule has 0 aliphatic carbocycles. The van der Waals surface area contributed by atoms with Crippen molar-refractivity contribution in [2.75, 3.05) is 14.2 Å². The number of likely N-dealkylation sites (N-methyl/N-ethyl adjacent to an activating group) is 1. The quantitative estimate of drug-likeness (QED) is 0.848. The monoisotopic (exact) mass is 320 g/mol. The molecule has 1 amide bonds. The van der Waals surface area contributed by atoms with Crippen LogP contribution in [0.2, 0.25) is 5.02 Å². The molecule has 0 unspecified atom stereocenters. The Morgan fingerprint density at radius 1 is 1.32 bits per heavy atom. The predicted molar refractivity (Wildman–Crippen MR) is 85.2 cm³/mol. The van der Waals surface area contributed by atoms with Gasteiger partial charge in [0.15, 0.2) is 0 Å². The lowest BCUT2D eigenvalue weighted by Crippen LogP contribution is -2.33. The van der Waals surface area contributed by atoms with Crippen LogP contribution in [0, 0.1) is 0 Å². The van der Waals surface area contributed by atoms with Gasteiger partial charge in [0.1, 0.15) is 12.3 Å². The third-order valence-corrected chi connectivity index (χ3v) is 3.52. The van der Waals surface area contributed by atoms with Crippen LogP contribution in [0.4, 0.5) is 0 Å². The van der Waals surface area contributed by atoms with Crippen LogP contribution in [-0.4, -0.2) is 29.5 Å². The van der Waals surface area contributed by atoms with Crippen LogP contribution in [0.5, 0.6) is 5.75 Å². The number of rotatable bonds is 5. The van der Waals surface area contributed by atoms with Crippen LogP contribution in [-0.2, 0) is 17.9 Å². The molecular formula is C16H17ClN2O3. The number of pyridine rings is 1. The second-order valence-corrected chi connectivity index (χ2v) is 5.31. The Bertz CT molecular complexity index is 727. The first kappa shape index (κ1) is 16.1. The summed E-state index contributed by atoms with van der Waals surface area (Å²) in [5.41, 5.74) is 0.607. The van der Waals surface area contributed by atoms with Crippen LogP contribution < -0.4 is 10.3 Å². The Labute approximate surface area is 133 Å². The van der Waals surface area contributed by atoms with Crippen LogP contribution in [0.15, 0.2) is 47.4 Å². The van der Waals surface area contributed by atoms with Gasteiger partial charge >= 0.3 is 0 Å². The smallest absolute Gasteiger partial charge is 0.250 e. The maximum Gasteiger partial charge on any atom is 0.250 e. The van der Waals surface area contributed by atoms with Gasteiger partial charge in [0.2, 0.25) is 5.91 Å². The van der Waals surface area contributed by atoms with Crippen molar-refractivity contribution < 1.29 is 9.53 Å². The predicted octanol–water partition coefficient (Wildman–Crippen LogP) is 2.17. The van der Waals surface area contributed by atoms with Crippen molar-refractivity contribution in [3.63, 3.8) is 0 Å². The summed E-state index contributed by atoms with van der Waals surface area (Å²) in [5, 5.41) is 0.580. The molecule has 5 nitrogen and oxygen atoms in total. The van der Waals surface area contributed by atoms with Crippen molar-refractivity contribution in [3.8, 4) is 5.75 Å². The zero-order valence-corrected chi connectivity index (χ0v) is 13.2. The number of carbonyl (C=O) groups excluding carboxylic acids is 1. The molecule has 0 atom stereocenters. The lowest BCUT2D eigenvalue weighted by molar-refractivity contribution is -0.131. The van der Waals surface area contributed by atoms with Gasteiger partial charge in [0.05, 0.1) is 7.11 Å². The molecule has 0 fully saturated rings. The lowest BCUT2D eigenvalue weighted by atomic mass is 10.2. The second-order valence-electron chi connectivity index (χ2n) is 4.87. The first-order chi connectivity index (χ1) is 10.5. The minimum atomic E-state index is -0.204. The van der Waals surface area contributed by atoms with Gasteiger partial charge in [-0.1, -0.05) is 17.7 Å². The average molecular weight is 321 g/mol. The molecule has 1 aromatic heterocycles. The molecule has 0 saturated carbocycles. The molecule has 0 aliphatic heterocycles. The SMILES string of the molecule is COc1ccc(Cl)cc1CN(C)C(=O)Cn1ccccc1=O. The van der Waals surface area contributed by atoms with E-state index in [9.17, 15) is 9.59 Å². The molecule has 2 rings (SSSR count). The van der Waals surface area contributed by atoms with Crippen molar-refractivity contribution in [3.05, 3.63) is 63.5 Å². The average Bonchev–Trinajstić information content (AvgIpc) is 2.49. The van der Waals surface area contributed by atoms with Gasteiger partial charge in [-0.15, -0.1) is 0 Å². The van der Waals surface area contributed by atoms with Crippen LogP contribution in [0.1, 0.15) is 5.56 Å². The zero-order valence-electron chi connectivity index (χ0n) is 12.5. The minimum Gasteiger partial charge on any atom is -0.496 e. The third kappa shape index (κ3) is 3.89. The lowest BCUT2D eigenvalue weighted by Gasteiger charge is -2.19. The van der Waals surface area contributed by atoms with E-state index in [-0.39, 0.29) is 18.0 Å². The summed E-state index contributed by atoms with van der Waals surface area (Å²) in [6.07, 6.45) is 1.59. The molecule has 6 heteroatoms. The van der Waals surface area contributed by atoms with Crippen molar-refractivity contribution in [2.45, 2.75) is 13.1 Å². The van der Waals surface area contributed by atoms with Gasteiger partial charge < -0.3 is 14.2 Å². The minimum absolute atomic E-state index is 0.000938. The Morgan fingerprint density at radius 3 is 2.77 bits per heavy atom. The summed E-state index contributed by atoms with van der Waals surface area (Å²) >= 11 is 5.98. The highest BCUT2D eigenvalue weighted by molar-refractivity contribution is 6.30. The fourth-order valence-electron chi connectivity index (χ4n) is 2.07. The fourth-order valence-corrected chi connectivity index (χ4v) is 2.27. The van der Waals surface area contributed by atoms with E-state index in [1.54, 1.807) is 50.7 Å². The van der Waals surface area contributed by atoms with Gasteiger partial charge in [-0.25, -0.2) is 0 Å². The van der Waals surface area contributed by atoms with Crippen LogP contribution in [0.25, 0.3) is 0 Å². The van der Waals surface area contributed by atoms with Gasteiger partial charge in [0, 0.05) is 36.4 Å². The van der Waals surface area contributed by atoms with E-state index in [2.05, 4.69) is 0 Å². The molecule has 0 spiro atoms. The van der Waals surface area contributed by atoms with Crippen LogP contribution in [0.3, 0.4) is 0 Å². The van der Waals surface area contributed by atoms with Gasteiger partial charge in [-0.05, 0) is 24.3 Å². The highest BCUT2D eigenvalue weighted by Gasteiger charge is 2.13. The molecule has 1 heterocycles. The summed E-state index contributed by atoms with van der Waals surface area (Å²) in [7, 11) is 3.24. The van der Waals surface area contributed by atoms with Crippen LogP contribution >= 0.6 is 11.6 Å². The van der Waals surface area contributed by atoms with E-state index in [1.165, 1.54) is 15.5 Å². The van der Waals surface area contributed by atoms with E-state index in [0.29, 0.717) is 17.3 Å². The molecule has 0 bridgehead atoms. The number of methoxy groups -OCH3 is 1. The Kier molecular flexibility index (Phi) is 5.22. The maximum atomic E-state index is 12.2. The molecule has 1 aromatic carbocycles. The number of halogens is 1. The van der Waals surface area contributed by atoms with Gasteiger partial charge in [-0.2, -0.15) is 0 Å². The third-order valence-electron chi connectivity index (χ3n) is 3.28. The molecule has 22 heavy (non-hydrogen) atoms. The Balaban J connectivity index is 2.10. The van der Waals surface area contributed by atoms with E-state index in [4.69, 9.17) is 16.3 Å². The van der Waals surface area contributed by atoms with Crippen molar-refractivity contribution in [1.82, 2.24) is 9.47 Å². The Hall–Kier alpha value is -2.27. The summed E-state index contributed by atoms with van der Waals surface area (Å²) in [5.74, 6) is 0.497. The molecule has 116 valence electrons. The second kappa shape index (κ2) is 7.13. The summed E-state index contributed by atoms with van der Waals surface area (Å²) in [6, 6.07) is 10.0. The molecule has 0 saturated heterocycles. The number of carbonyl (C=O) groups is 1. The summed E-state index contributed by atoms with van der Waals surface area (Å²) in [4.78, 5) is 25.4. The number of amides is 1. The van der Waals surface area contributed by atoms with Gasteiger partial charge in [-0.3, -0.25) is 9.59 Å². The van der Waals surface area contributed by atoms with E-state index >= 15 is 0 Å². The van der Waals surface area contributed by atoms with Gasteiger partial charge in [0.25, 0.3) is 5.56 Å². The normalized spacial score (nSPS) is 10.3. The van der Waals surface area contributed by atoms with Crippen molar-refractivity contribution >= 4 is 17.5 Å². The number of hydrogen-bond donors (Lipinski definition) is 0. The summed E-state index contributed by atoms with van der Waals surface area (Å²) in [6.45, 7) is 0.350. The molecule has 0 radical (unpaired) electrons. The number of aromatic nitrogens is 1. The Morgan fingerprint density at radius 2 is 2.09 bits per heavy atom. The van der Waals surface area contributed by atoms with Crippen molar-refractivity contribution in [1.29, 1.82) is 0 Å². The van der Waals surface area contributed by atoms with E-state index in [1.807, 2.05) is 0 Å². The fraction of sp³-hybridized carbons (Fsp3) is 0.250. The first-order valence-electron chi connectivity index (χ1n) is 6.73. The number of nitrogens with zero attached hydrogens (tertiary/aromatic N) is 2. The van der Waals surface area contributed by atoms with E-state index in [0.717, 1.165) is 5.56 Å². The summed E-state index contributed by atoms with van der Waals surface area (Å²) < 4.78 is 6.64. The number of benzene rings is 1. The van der Waals surface area contributed by atoms with Crippen molar-refractivity contribution in [2.24, 2.45) is 0 Å². The van der Waals surface area contributed by atoms with E-state index < -0.39 is 0 Å². The number of hydrogen-bond acceptors (Lipinski definition) is 3. The topological polar surface area (TPSA) is 51.5 Å². The molecular weight excluding hydrogens is 304 g/mol. The largest absolute Gasteiger partial charge is 0.496 e. The zero-order chi connectivity index (χ0) is 16.1. The molecule has 0 aliphatic rings.